The van der Waals surface area contributed by atoms with E-state index in [1.807, 2.05) is 31.2 Å². The van der Waals surface area contributed by atoms with Crippen molar-refractivity contribution < 1.29 is 14.3 Å². The summed E-state index contributed by atoms with van der Waals surface area (Å²) in [5.74, 6) is 0.722. The Balaban J connectivity index is 2.60. The number of hydrazone groups is 1. The first-order valence-corrected chi connectivity index (χ1v) is 6.16. The van der Waals surface area contributed by atoms with Crippen LogP contribution in [-0.2, 0) is 4.74 Å². The van der Waals surface area contributed by atoms with Crippen LogP contribution in [0, 0.1) is 0 Å². The molecule has 0 aromatic heterocycles. The highest BCUT2D eigenvalue weighted by molar-refractivity contribution is 5.84. The Morgan fingerprint density at radius 1 is 1.37 bits per heavy atom. The fourth-order valence-corrected chi connectivity index (χ4v) is 1.33. The summed E-state index contributed by atoms with van der Waals surface area (Å²) in [6.45, 7) is 7.86. The zero-order valence-corrected chi connectivity index (χ0v) is 11.8. The molecular formula is C14H20N2O3. The van der Waals surface area contributed by atoms with Crippen LogP contribution < -0.4 is 10.2 Å². The van der Waals surface area contributed by atoms with Crippen molar-refractivity contribution >= 4 is 12.3 Å². The molecule has 1 aromatic rings. The summed E-state index contributed by atoms with van der Waals surface area (Å²) in [5, 5.41) is 3.84. The van der Waals surface area contributed by atoms with Gasteiger partial charge in [0.25, 0.3) is 0 Å². The van der Waals surface area contributed by atoms with Gasteiger partial charge in [0, 0.05) is 5.56 Å². The number of rotatable bonds is 4. The summed E-state index contributed by atoms with van der Waals surface area (Å²) in [4.78, 5) is 11.4. The van der Waals surface area contributed by atoms with Crippen molar-refractivity contribution in [1.29, 1.82) is 0 Å². The molecule has 1 amide bonds. The Kier molecular flexibility index (Phi) is 5.36. The SMILES string of the molecule is CCOc1ccccc1/C=N/NC(=O)OC(C)(C)C. The van der Waals surface area contributed by atoms with Crippen LogP contribution in [-0.4, -0.2) is 24.5 Å². The maximum Gasteiger partial charge on any atom is 0.428 e. The Morgan fingerprint density at radius 3 is 2.68 bits per heavy atom. The minimum Gasteiger partial charge on any atom is -0.493 e. The number of hydrogen-bond donors (Lipinski definition) is 1. The van der Waals surface area contributed by atoms with E-state index in [1.54, 1.807) is 20.8 Å². The largest absolute Gasteiger partial charge is 0.493 e. The van der Waals surface area contributed by atoms with Crippen LogP contribution in [0.3, 0.4) is 0 Å². The van der Waals surface area contributed by atoms with Crippen molar-refractivity contribution in [2.45, 2.75) is 33.3 Å². The van der Waals surface area contributed by atoms with E-state index in [0.717, 1.165) is 11.3 Å². The Bertz CT molecular complexity index is 450. The summed E-state index contributed by atoms with van der Waals surface area (Å²) in [5.41, 5.74) is 2.56. The molecule has 104 valence electrons. The van der Waals surface area contributed by atoms with Crippen LogP contribution in [0.15, 0.2) is 29.4 Å². The number of carbonyl (C=O) groups excluding carboxylic acids is 1. The predicted molar refractivity (Wildman–Crippen MR) is 74.6 cm³/mol. The summed E-state index contributed by atoms with van der Waals surface area (Å²) >= 11 is 0. The molecule has 0 atom stereocenters. The van der Waals surface area contributed by atoms with Gasteiger partial charge >= 0.3 is 6.09 Å². The molecule has 0 unspecified atom stereocenters. The van der Waals surface area contributed by atoms with Crippen LogP contribution in [0.5, 0.6) is 5.75 Å². The van der Waals surface area contributed by atoms with Gasteiger partial charge in [-0.1, -0.05) is 12.1 Å². The molecule has 0 spiro atoms. The van der Waals surface area contributed by atoms with Crippen molar-refractivity contribution in [1.82, 2.24) is 5.43 Å². The van der Waals surface area contributed by atoms with Gasteiger partial charge in [0.05, 0.1) is 12.8 Å². The smallest absolute Gasteiger partial charge is 0.428 e. The molecule has 0 fully saturated rings. The summed E-state index contributed by atoms with van der Waals surface area (Å²) in [6.07, 6.45) is 0.937. The van der Waals surface area contributed by atoms with E-state index in [1.165, 1.54) is 6.21 Å². The number of para-hydroxylation sites is 1. The first kappa shape index (κ1) is 15.0. The molecule has 0 saturated carbocycles. The van der Waals surface area contributed by atoms with Gasteiger partial charge in [-0.2, -0.15) is 5.10 Å². The molecule has 0 aliphatic heterocycles. The number of nitrogens with one attached hydrogen (secondary N) is 1. The lowest BCUT2D eigenvalue weighted by molar-refractivity contribution is 0.0529. The van der Waals surface area contributed by atoms with E-state index < -0.39 is 11.7 Å². The molecule has 0 saturated heterocycles. The van der Waals surface area contributed by atoms with Crippen LogP contribution in [0.1, 0.15) is 33.3 Å². The molecular weight excluding hydrogens is 244 g/mol. The average molecular weight is 264 g/mol. The summed E-state index contributed by atoms with van der Waals surface area (Å²) in [7, 11) is 0. The van der Waals surface area contributed by atoms with Gasteiger partial charge in [0.1, 0.15) is 11.4 Å². The molecule has 0 heterocycles. The van der Waals surface area contributed by atoms with Gasteiger partial charge in [-0.3, -0.25) is 0 Å². The third kappa shape index (κ3) is 5.90. The monoisotopic (exact) mass is 264 g/mol. The fraction of sp³-hybridized carbons (Fsp3) is 0.429. The highest BCUT2D eigenvalue weighted by Gasteiger charge is 2.15. The first-order valence-electron chi connectivity index (χ1n) is 6.16. The van der Waals surface area contributed by atoms with Crippen LogP contribution in [0.2, 0.25) is 0 Å². The van der Waals surface area contributed by atoms with E-state index in [4.69, 9.17) is 9.47 Å². The van der Waals surface area contributed by atoms with E-state index in [2.05, 4.69) is 10.5 Å². The highest BCUT2D eigenvalue weighted by Crippen LogP contribution is 2.15. The van der Waals surface area contributed by atoms with Crippen molar-refractivity contribution in [3.63, 3.8) is 0 Å². The number of hydrogen-bond acceptors (Lipinski definition) is 4. The zero-order chi connectivity index (χ0) is 14.3. The van der Waals surface area contributed by atoms with Crippen LogP contribution in [0.25, 0.3) is 0 Å². The molecule has 1 N–H and O–H groups in total. The quantitative estimate of drug-likeness (QED) is 0.672. The molecule has 0 aliphatic rings. The molecule has 1 aromatic carbocycles. The fourth-order valence-electron chi connectivity index (χ4n) is 1.33. The van der Waals surface area contributed by atoms with Crippen molar-refractivity contribution in [3.05, 3.63) is 29.8 Å². The lowest BCUT2D eigenvalue weighted by Gasteiger charge is -2.18. The van der Waals surface area contributed by atoms with E-state index in [-0.39, 0.29) is 0 Å². The Labute approximate surface area is 113 Å². The normalized spacial score (nSPS) is 11.4. The Morgan fingerprint density at radius 2 is 2.05 bits per heavy atom. The second-order valence-electron chi connectivity index (χ2n) is 4.84. The van der Waals surface area contributed by atoms with E-state index in [9.17, 15) is 4.79 Å². The second-order valence-corrected chi connectivity index (χ2v) is 4.84. The van der Waals surface area contributed by atoms with Gasteiger partial charge in [-0.15, -0.1) is 0 Å². The van der Waals surface area contributed by atoms with E-state index >= 15 is 0 Å². The molecule has 0 radical (unpaired) electrons. The summed E-state index contributed by atoms with van der Waals surface area (Å²) in [6, 6.07) is 7.45. The zero-order valence-electron chi connectivity index (χ0n) is 11.8. The number of nitrogens with zero attached hydrogens (tertiary/aromatic N) is 1. The first-order chi connectivity index (χ1) is 8.92. The molecule has 0 aliphatic carbocycles. The predicted octanol–water partition coefficient (Wildman–Crippen LogP) is 2.94. The standard InChI is InChI=1S/C14H20N2O3/c1-5-18-12-9-7-6-8-11(12)10-15-16-13(17)19-14(2,3)4/h6-10H,5H2,1-4H3,(H,16,17)/b15-10+. The third-order valence-corrected chi connectivity index (χ3v) is 1.98. The number of amides is 1. The van der Waals surface area contributed by atoms with Gasteiger partial charge in [0.2, 0.25) is 0 Å². The highest BCUT2D eigenvalue weighted by atomic mass is 16.6. The minimum atomic E-state index is -0.586. The molecule has 5 heteroatoms. The summed E-state index contributed by atoms with van der Waals surface area (Å²) < 4.78 is 10.5. The topological polar surface area (TPSA) is 59.9 Å². The molecule has 0 bridgehead atoms. The second kappa shape index (κ2) is 6.78. The maximum atomic E-state index is 11.4. The van der Waals surface area contributed by atoms with Gasteiger partial charge in [0.15, 0.2) is 0 Å². The Hall–Kier alpha value is -2.04. The molecule has 1 rings (SSSR count). The van der Waals surface area contributed by atoms with Crippen LogP contribution in [0.4, 0.5) is 4.79 Å². The van der Waals surface area contributed by atoms with Gasteiger partial charge < -0.3 is 9.47 Å². The lowest BCUT2D eigenvalue weighted by Crippen LogP contribution is -2.29. The van der Waals surface area contributed by atoms with Crippen molar-refractivity contribution in [2.24, 2.45) is 5.10 Å². The van der Waals surface area contributed by atoms with Gasteiger partial charge in [-0.05, 0) is 39.8 Å². The van der Waals surface area contributed by atoms with Gasteiger partial charge in [-0.25, -0.2) is 10.2 Å². The van der Waals surface area contributed by atoms with E-state index in [0.29, 0.717) is 6.61 Å². The van der Waals surface area contributed by atoms with Crippen molar-refractivity contribution in [3.8, 4) is 5.75 Å². The number of carbonyl (C=O) groups is 1. The number of ether oxygens (including phenoxy) is 2. The molecule has 19 heavy (non-hydrogen) atoms. The minimum absolute atomic E-state index is 0.539. The third-order valence-electron chi connectivity index (χ3n) is 1.98. The maximum absolute atomic E-state index is 11.4. The molecule has 5 nitrogen and oxygen atoms in total. The lowest BCUT2D eigenvalue weighted by atomic mass is 10.2. The van der Waals surface area contributed by atoms with Crippen LogP contribution >= 0.6 is 0 Å². The number of benzene rings is 1. The average Bonchev–Trinajstić information content (AvgIpc) is 2.29. The van der Waals surface area contributed by atoms with Crippen molar-refractivity contribution in [2.75, 3.05) is 6.61 Å².